The smallest absolute Gasteiger partial charge is 0.337 e. The van der Waals surface area contributed by atoms with E-state index in [1.54, 1.807) is 6.07 Å². The lowest BCUT2D eigenvalue weighted by atomic mass is 10.0. The van der Waals surface area contributed by atoms with Crippen molar-refractivity contribution in [3.05, 3.63) is 33.3 Å². The first-order chi connectivity index (χ1) is 6.61. The van der Waals surface area contributed by atoms with Gasteiger partial charge < -0.3 is 10.8 Å². The maximum Gasteiger partial charge on any atom is 0.337 e. The van der Waals surface area contributed by atoms with E-state index in [1.165, 1.54) is 6.07 Å². The standard InChI is InChI=1S/C9H7BrN2O2/c10-8-5(3-11)1-2-6(9(13)14)7(8)4-12/h1-2H,3,11H2,(H,13,14). The van der Waals surface area contributed by atoms with Crippen molar-refractivity contribution >= 4 is 21.9 Å². The van der Waals surface area contributed by atoms with Crippen molar-refractivity contribution in [2.75, 3.05) is 0 Å². The summed E-state index contributed by atoms with van der Waals surface area (Å²) in [4.78, 5) is 10.7. The quantitative estimate of drug-likeness (QED) is 0.837. The third kappa shape index (κ3) is 1.76. The second-order valence-electron chi connectivity index (χ2n) is 2.58. The first kappa shape index (κ1) is 10.7. The molecule has 0 aliphatic rings. The minimum atomic E-state index is -1.12. The second-order valence-corrected chi connectivity index (χ2v) is 3.38. The van der Waals surface area contributed by atoms with Gasteiger partial charge in [-0.25, -0.2) is 4.79 Å². The van der Waals surface area contributed by atoms with E-state index in [2.05, 4.69) is 15.9 Å². The predicted molar refractivity (Wildman–Crippen MR) is 53.7 cm³/mol. The summed E-state index contributed by atoms with van der Waals surface area (Å²) in [6.07, 6.45) is 0. The highest BCUT2D eigenvalue weighted by atomic mass is 79.9. The summed E-state index contributed by atoms with van der Waals surface area (Å²) >= 11 is 3.15. The topological polar surface area (TPSA) is 87.1 Å². The number of hydrogen-bond acceptors (Lipinski definition) is 3. The van der Waals surface area contributed by atoms with E-state index in [9.17, 15) is 4.79 Å². The maximum absolute atomic E-state index is 10.7. The number of carboxylic acids is 1. The molecule has 3 N–H and O–H groups in total. The van der Waals surface area contributed by atoms with Gasteiger partial charge in [0.2, 0.25) is 0 Å². The van der Waals surface area contributed by atoms with Crippen LogP contribution in [0.2, 0.25) is 0 Å². The van der Waals surface area contributed by atoms with Gasteiger partial charge in [0.15, 0.2) is 0 Å². The first-order valence-corrected chi connectivity index (χ1v) is 4.56. The van der Waals surface area contributed by atoms with Crippen LogP contribution in [0.15, 0.2) is 16.6 Å². The van der Waals surface area contributed by atoms with Crippen LogP contribution in [0.5, 0.6) is 0 Å². The zero-order chi connectivity index (χ0) is 10.7. The molecule has 0 bridgehead atoms. The summed E-state index contributed by atoms with van der Waals surface area (Å²) in [7, 11) is 0. The highest BCUT2D eigenvalue weighted by Gasteiger charge is 2.14. The summed E-state index contributed by atoms with van der Waals surface area (Å²) in [6.45, 7) is 0.259. The molecule has 72 valence electrons. The van der Waals surface area contributed by atoms with Crippen molar-refractivity contribution in [3.8, 4) is 6.07 Å². The SMILES string of the molecule is N#Cc1c(C(=O)O)ccc(CN)c1Br. The Kier molecular flexibility index (Phi) is 3.23. The average molecular weight is 255 g/mol. The first-order valence-electron chi connectivity index (χ1n) is 3.76. The van der Waals surface area contributed by atoms with E-state index in [4.69, 9.17) is 16.1 Å². The van der Waals surface area contributed by atoms with Gasteiger partial charge in [0, 0.05) is 11.0 Å². The molecule has 1 rings (SSSR count). The molecule has 0 unspecified atom stereocenters. The van der Waals surface area contributed by atoms with Crippen LogP contribution in [-0.4, -0.2) is 11.1 Å². The molecule has 0 heterocycles. The van der Waals surface area contributed by atoms with Crippen LogP contribution < -0.4 is 5.73 Å². The number of hydrogen-bond donors (Lipinski definition) is 2. The molecule has 0 saturated heterocycles. The molecule has 0 aliphatic carbocycles. The summed E-state index contributed by atoms with van der Waals surface area (Å²) in [5.74, 6) is -1.12. The Morgan fingerprint density at radius 3 is 2.71 bits per heavy atom. The molecule has 0 aliphatic heterocycles. The molecule has 5 heteroatoms. The number of halogens is 1. The normalized spacial score (nSPS) is 9.50. The predicted octanol–water partition coefficient (Wildman–Crippen LogP) is 1.48. The van der Waals surface area contributed by atoms with Crippen LogP contribution in [0.25, 0.3) is 0 Å². The van der Waals surface area contributed by atoms with Gasteiger partial charge in [-0.1, -0.05) is 6.07 Å². The van der Waals surface area contributed by atoms with E-state index in [1.807, 2.05) is 6.07 Å². The largest absolute Gasteiger partial charge is 0.478 e. The fraction of sp³-hybridized carbons (Fsp3) is 0.111. The molecular weight excluding hydrogens is 248 g/mol. The summed E-state index contributed by atoms with van der Waals surface area (Å²) in [5.41, 5.74) is 6.22. The van der Waals surface area contributed by atoms with Gasteiger partial charge in [-0.3, -0.25) is 0 Å². The molecule has 1 aromatic carbocycles. The molecule has 0 radical (unpaired) electrons. The number of nitrogens with zero attached hydrogens (tertiary/aromatic N) is 1. The van der Waals surface area contributed by atoms with Crippen molar-refractivity contribution in [1.82, 2.24) is 0 Å². The van der Waals surface area contributed by atoms with Gasteiger partial charge in [-0.2, -0.15) is 5.26 Å². The number of nitriles is 1. The van der Waals surface area contributed by atoms with Crippen molar-refractivity contribution in [2.45, 2.75) is 6.54 Å². The van der Waals surface area contributed by atoms with Crippen molar-refractivity contribution in [2.24, 2.45) is 5.73 Å². The van der Waals surface area contributed by atoms with Crippen molar-refractivity contribution in [1.29, 1.82) is 5.26 Å². The monoisotopic (exact) mass is 254 g/mol. The molecule has 1 aromatic rings. The Bertz CT molecular complexity index is 424. The minimum Gasteiger partial charge on any atom is -0.478 e. The zero-order valence-corrected chi connectivity index (χ0v) is 8.71. The summed E-state index contributed by atoms with van der Waals surface area (Å²) in [6, 6.07) is 4.81. The van der Waals surface area contributed by atoms with Gasteiger partial charge in [0.05, 0.1) is 11.1 Å². The molecule has 0 atom stereocenters. The zero-order valence-electron chi connectivity index (χ0n) is 7.12. The van der Waals surface area contributed by atoms with E-state index >= 15 is 0 Å². The highest BCUT2D eigenvalue weighted by Crippen LogP contribution is 2.24. The molecule has 0 fully saturated rings. The number of rotatable bonds is 2. The Morgan fingerprint density at radius 2 is 2.29 bits per heavy atom. The van der Waals surface area contributed by atoms with Crippen LogP contribution in [0.4, 0.5) is 0 Å². The Hall–Kier alpha value is -1.38. The molecule has 0 saturated carbocycles. The third-order valence-electron chi connectivity index (χ3n) is 1.78. The lowest BCUT2D eigenvalue weighted by Crippen LogP contribution is -2.05. The van der Waals surface area contributed by atoms with Crippen molar-refractivity contribution < 1.29 is 9.90 Å². The van der Waals surface area contributed by atoms with Crippen LogP contribution in [-0.2, 0) is 6.54 Å². The summed E-state index contributed by atoms with van der Waals surface area (Å²) < 4.78 is 0.461. The number of nitrogens with two attached hydrogens (primary N) is 1. The van der Waals surface area contributed by atoms with E-state index in [0.29, 0.717) is 10.0 Å². The second kappa shape index (κ2) is 4.22. The van der Waals surface area contributed by atoms with Crippen LogP contribution in [0.1, 0.15) is 21.5 Å². The van der Waals surface area contributed by atoms with Gasteiger partial charge in [0.1, 0.15) is 6.07 Å². The van der Waals surface area contributed by atoms with E-state index in [0.717, 1.165) is 0 Å². The van der Waals surface area contributed by atoms with E-state index < -0.39 is 5.97 Å². The van der Waals surface area contributed by atoms with E-state index in [-0.39, 0.29) is 17.7 Å². The lowest BCUT2D eigenvalue weighted by Gasteiger charge is -2.05. The van der Waals surface area contributed by atoms with Gasteiger partial charge in [-0.05, 0) is 27.6 Å². The molecule has 4 nitrogen and oxygen atoms in total. The minimum absolute atomic E-state index is 0.0171. The molecule has 14 heavy (non-hydrogen) atoms. The molecule has 0 spiro atoms. The van der Waals surface area contributed by atoms with Crippen molar-refractivity contribution in [3.63, 3.8) is 0 Å². The lowest BCUT2D eigenvalue weighted by molar-refractivity contribution is 0.0696. The number of carboxylic acid groups (broad SMARTS) is 1. The average Bonchev–Trinajstić information content (AvgIpc) is 2.17. The molecule has 0 amide bonds. The fourth-order valence-corrected chi connectivity index (χ4v) is 1.66. The van der Waals surface area contributed by atoms with Crippen LogP contribution >= 0.6 is 15.9 Å². The maximum atomic E-state index is 10.7. The third-order valence-corrected chi connectivity index (χ3v) is 2.69. The Balaban J connectivity index is 3.45. The number of carbonyl (C=O) groups is 1. The molecular formula is C9H7BrN2O2. The van der Waals surface area contributed by atoms with Crippen LogP contribution in [0.3, 0.4) is 0 Å². The summed E-state index contributed by atoms with van der Waals surface area (Å²) in [5, 5.41) is 17.6. The molecule has 0 aromatic heterocycles. The number of aromatic carboxylic acids is 1. The Labute approximate surface area is 89.1 Å². The van der Waals surface area contributed by atoms with Crippen LogP contribution in [0, 0.1) is 11.3 Å². The van der Waals surface area contributed by atoms with Gasteiger partial charge in [-0.15, -0.1) is 0 Å². The Morgan fingerprint density at radius 1 is 1.64 bits per heavy atom. The fourth-order valence-electron chi connectivity index (χ4n) is 1.06. The highest BCUT2D eigenvalue weighted by molar-refractivity contribution is 9.10. The van der Waals surface area contributed by atoms with Gasteiger partial charge >= 0.3 is 5.97 Å². The number of benzene rings is 1. The van der Waals surface area contributed by atoms with Gasteiger partial charge in [0.25, 0.3) is 0 Å².